The van der Waals surface area contributed by atoms with Crippen LogP contribution in [0, 0.1) is 0 Å². The van der Waals surface area contributed by atoms with Gasteiger partial charge in [-0.2, -0.15) is 0 Å². The van der Waals surface area contributed by atoms with Gasteiger partial charge in [-0.25, -0.2) is 0 Å². The molecule has 4 heteroatoms. The minimum Gasteiger partial charge on any atom is -0.491 e. The number of aliphatic carboxylic acids is 1. The lowest BCUT2D eigenvalue weighted by atomic mass is 9.96. The van der Waals surface area contributed by atoms with Crippen LogP contribution in [0.5, 0.6) is 5.75 Å². The number of benzene rings is 1. The molecule has 0 aromatic heterocycles. The van der Waals surface area contributed by atoms with E-state index < -0.39 is 11.9 Å². The van der Waals surface area contributed by atoms with Crippen LogP contribution >= 0.6 is 0 Å². The molecule has 1 aromatic rings. The summed E-state index contributed by atoms with van der Waals surface area (Å²) in [5, 5.41) is 9.14. The fourth-order valence-corrected chi connectivity index (χ4v) is 1.66. The SMILES string of the molecule is CCC(C(=O)O)c1ccccc1OCCOC. The Labute approximate surface area is 101 Å². The largest absolute Gasteiger partial charge is 0.491 e. The molecule has 0 radical (unpaired) electrons. The van der Waals surface area contributed by atoms with Gasteiger partial charge in [0, 0.05) is 12.7 Å². The molecule has 1 unspecified atom stereocenters. The molecule has 0 spiro atoms. The molecule has 0 heterocycles. The fourth-order valence-electron chi connectivity index (χ4n) is 1.66. The molecule has 1 N–H and O–H groups in total. The highest BCUT2D eigenvalue weighted by Crippen LogP contribution is 2.29. The molecule has 0 aliphatic rings. The Hall–Kier alpha value is -1.55. The lowest BCUT2D eigenvalue weighted by Crippen LogP contribution is -2.13. The van der Waals surface area contributed by atoms with Gasteiger partial charge in [-0.3, -0.25) is 4.79 Å². The topological polar surface area (TPSA) is 55.8 Å². The molecule has 0 fully saturated rings. The summed E-state index contributed by atoms with van der Waals surface area (Å²) in [5.74, 6) is -0.720. The van der Waals surface area contributed by atoms with E-state index in [0.29, 0.717) is 25.4 Å². The highest BCUT2D eigenvalue weighted by Gasteiger charge is 2.21. The van der Waals surface area contributed by atoms with Gasteiger partial charge in [0.15, 0.2) is 0 Å². The predicted octanol–water partition coefficient (Wildman–Crippen LogP) is 2.29. The van der Waals surface area contributed by atoms with Crippen molar-refractivity contribution in [2.45, 2.75) is 19.3 Å². The van der Waals surface area contributed by atoms with Crippen LogP contribution in [-0.4, -0.2) is 31.4 Å². The Balaban J connectivity index is 2.86. The molecule has 0 saturated carbocycles. The molecule has 4 nitrogen and oxygen atoms in total. The standard InChI is InChI=1S/C13H18O4/c1-3-10(13(14)15)11-6-4-5-7-12(11)17-9-8-16-2/h4-7,10H,3,8-9H2,1-2H3,(H,14,15). The Bertz CT molecular complexity index is 362. The summed E-state index contributed by atoms with van der Waals surface area (Å²) in [6, 6.07) is 7.24. The first-order chi connectivity index (χ1) is 8.20. The molecule has 17 heavy (non-hydrogen) atoms. The van der Waals surface area contributed by atoms with Crippen molar-refractivity contribution in [1.29, 1.82) is 0 Å². The third-order valence-corrected chi connectivity index (χ3v) is 2.55. The van der Waals surface area contributed by atoms with Crippen LogP contribution in [0.3, 0.4) is 0 Å². The molecule has 94 valence electrons. The van der Waals surface area contributed by atoms with Crippen molar-refractivity contribution in [1.82, 2.24) is 0 Å². The number of rotatable bonds is 7. The maximum absolute atomic E-state index is 11.1. The normalized spacial score (nSPS) is 12.1. The second-order valence-corrected chi connectivity index (χ2v) is 3.68. The van der Waals surface area contributed by atoms with Crippen molar-refractivity contribution in [3.05, 3.63) is 29.8 Å². The first-order valence-corrected chi connectivity index (χ1v) is 5.64. The molecule has 0 bridgehead atoms. The fraction of sp³-hybridized carbons (Fsp3) is 0.462. The molecular formula is C13H18O4. The van der Waals surface area contributed by atoms with Crippen LogP contribution in [0.1, 0.15) is 24.8 Å². The first-order valence-electron chi connectivity index (χ1n) is 5.64. The zero-order chi connectivity index (χ0) is 12.7. The quantitative estimate of drug-likeness (QED) is 0.740. The van der Waals surface area contributed by atoms with E-state index >= 15 is 0 Å². The maximum Gasteiger partial charge on any atom is 0.311 e. The van der Waals surface area contributed by atoms with Crippen LogP contribution in [0.15, 0.2) is 24.3 Å². The van der Waals surface area contributed by atoms with Gasteiger partial charge in [-0.05, 0) is 12.5 Å². The highest BCUT2D eigenvalue weighted by molar-refractivity contribution is 5.77. The molecule has 1 rings (SSSR count). The predicted molar refractivity (Wildman–Crippen MR) is 64.5 cm³/mol. The highest BCUT2D eigenvalue weighted by atomic mass is 16.5. The number of carbonyl (C=O) groups is 1. The lowest BCUT2D eigenvalue weighted by Gasteiger charge is -2.15. The van der Waals surface area contributed by atoms with E-state index in [4.69, 9.17) is 14.6 Å². The van der Waals surface area contributed by atoms with Gasteiger partial charge < -0.3 is 14.6 Å². The van der Waals surface area contributed by atoms with Crippen LogP contribution in [-0.2, 0) is 9.53 Å². The van der Waals surface area contributed by atoms with E-state index in [9.17, 15) is 4.79 Å². The lowest BCUT2D eigenvalue weighted by molar-refractivity contribution is -0.138. The number of carboxylic acids is 1. The number of hydrogen-bond acceptors (Lipinski definition) is 3. The number of carboxylic acid groups (broad SMARTS) is 1. The van der Waals surface area contributed by atoms with Gasteiger partial charge in [0.25, 0.3) is 0 Å². The molecule has 1 aromatic carbocycles. The number of para-hydroxylation sites is 1. The maximum atomic E-state index is 11.1. The van der Waals surface area contributed by atoms with E-state index in [1.807, 2.05) is 19.1 Å². The zero-order valence-corrected chi connectivity index (χ0v) is 10.2. The van der Waals surface area contributed by atoms with Gasteiger partial charge >= 0.3 is 5.97 Å². The minimum absolute atomic E-state index is 0.420. The van der Waals surface area contributed by atoms with E-state index in [0.717, 1.165) is 5.56 Å². The summed E-state index contributed by atoms with van der Waals surface area (Å²) in [6.07, 6.45) is 0.542. The molecule has 0 saturated heterocycles. The first kappa shape index (κ1) is 13.5. The third-order valence-electron chi connectivity index (χ3n) is 2.55. The van der Waals surface area contributed by atoms with Crippen molar-refractivity contribution >= 4 is 5.97 Å². The second kappa shape index (κ2) is 6.91. The minimum atomic E-state index is -0.824. The summed E-state index contributed by atoms with van der Waals surface area (Å²) < 4.78 is 10.4. The van der Waals surface area contributed by atoms with E-state index in [2.05, 4.69) is 0 Å². The van der Waals surface area contributed by atoms with Gasteiger partial charge in [0.1, 0.15) is 12.4 Å². The van der Waals surface area contributed by atoms with E-state index in [1.165, 1.54) is 0 Å². The van der Waals surface area contributed by atoms with Gasteiger partial charge in [0.05, 0.1) is 12.5 Å². The molecule has 0 aliphatic heterocycles. The molecule has 0 aliphatic carbocycles. The van der Waals surface area contributed by atoms with Crippen LogP contribution in [0.25, 0.3) is 0 Å². The second-order valence-electron chi connectivity index (χ2n) is 3.68. The number of methoxy groups -OCH3 is 1. The van der Waals surface area contributed by atoms with Crippen LogP contribution < -0.4 is 4.74 Å². The van der Waals surface area contributed by atoms with Crippen molar-refractivity contribution < 1.29 is 19.4 Å². The Morgan fingerprint density at radius 1 is 1.35 bits per heavy atom. The molecule has 1 atom stereocenters. The Morgan fingerprint density at radius 3 is 2.65 bits per heavy atom. The van der Waals surface area contributed by atoms with Crippen molar-refractivity contribution in [2.24, 2.45) is 0 Å². The Kier molecular flexibility index (Phi) is 5.49. The average Bonchev–Trinajstić information content (AvgIpc) is 2.32. The average molecular weight is 238 g/mol. The van der Waals surface area contributed by atoms with Crippen molar-refractivity contribution in [3.63, 3.8) is 0 Å². The summed E-state index contributed by atoms with van der Waals surface area (Å²) in [6.45, 7) is 2.76. The third kappa shape index (κ3) is 3.75. The smallest absolute Gasteiger partial charge is 0.311 e. The zero-order valence-electron chi connectivity index (χ0n) is 10.2. The van der Waals surface area contributed by atoms with Crippen LogP contribution in [0.4, 0.5) is 0 Å². The van der Waals surface area contributed by atoms with Gasteiger partial charge in [-0.1, -0.05) is 25.1 Å². The molecule has 0 amide bonds. The van der Waals surface area contributed by atoms with E-state index in [-0.39, 0.29) is 0 Å². The number of ether oxygens (including phenoxy) is 2. The number of hydrogen-bond donors (Lipinski definition) is 1. The Morgan fingerprint density at radius 2 is 2.06 bits per heavy atom. The molecular weight excluding hydrogens is 220 g/mol. The van der Waals surface area contributed by atoms with E-state index in [1.54, 1.807) is 19.2 Å². The van der Waals surface area contributed by atoms with Crippen molar-refractivity contribution in [3.8, 4) is 5.75 Å². The summed E-state index contributed by atoms with van der Waals surface area (Å²) in [5.41, 5.74) is 0.721. The van der Waals surface area contributed by atoms with Gasteiger partial charge in [0.2, 0.25) is 0 Å². The summed E-state index contributed by atoms with van der Waals surface area (Å²) in [7, 11) is 1.60. The monoisotopic (exact) mass is 238 g/mol. The summed E-state index contributed by atoms with van der Waals surface area (Å²) >= 11 is 0. The van der Waals surface area contributed by atoms with Crippen molar-refractivity contribution in [2.75, 3.05) is 20.3 Å². The summed E-state index contributed by atoms with van der Waals surface area (Å²) in [4.78, 5) is 11.1. The van der Waals surface area contributed by atoms with Crippen LogP contribution in [0.2, 0.25) is 0 Å². The van der Waals surface area contributed by atoms with Gasteiger partial charge in [-0.15, -0.1) is 0 Å².